The molecule has 0 aliphatic rings. The number of nitrogen functional groups attached to an aromatic ring is 1. The quantitative estimate of drug-likeness (QED) is 0.945. The van der Waals surface area contributed by atoms with E-state index in [9.17, 15) is 0 Å². The smallest absolute Gasteiger partial charge is 0.137 e. The number of nitrogens with two attached hydrogens (primary N) is 1. The molecule has 1 heterocycles. The normalized spacial score (nSPS) is 12.6. The molecule has 2 aromatic rings. The Morgan fingerprint density at radius 3 is 2.56 bits per heavy atom. The number of aromatic nitrogens is 2. The molecule has 0 fully saturated rings. The highest BCUT2D eigenvalue weighted by molar-refractivity contribution is 9.10. The number of halogens is 1. The fourth-order valence-electron chi connectivity index (χ4n) is 1.92. The number of hydrogen-bond acceptors (Lipinski definition) is 3. The Balaban J connectivity index is 2.45. The lowest BCUT2D eigenvalue weighted by molar-refractivity contribution is 0.165. The van der Waals surface area contributed by atoms with E-state index in [2.05, 4.69) is 21.0 Å². The van der Waals surface area contributed by atoms with Gasteiger partial charge in [-0.3, -0.25) is 0 Å². The van der Waals surface area contributed by atoms with Crippen LogP contribution in [0.1, 0.15) is 17.3 Å². The van der Waals surface area contributed by atoms with Gasteiger partial charge >= 0.3 is 0 Å². The number of hydrogen-bond donors (Lipinski definition) is 1. The van der Waals surface area contributed by atoms with Crippen LogP contribution in [0.3, 0.4) is 0 Å². The predicted octanol–water partition coefficient (Wildman–Crippen LogP) is 2.77. The van der Waals surface area contributed by atoms with Gasteiger partial charge in [0.25, 0.3) is 0 Å². The van der Waals surface area contributed by atoms with E-state index >= 15 is 0 Å². The summed E-state index contributed by atoms with van der Waals surface area (Å²) in [6.45, 7) is 2.45. The molecule has 96 valence electrons. The van der Waals surface area contributed by atoms with Gasteiger partial charge in [0, 0.05) is 7.11 Å². The molecular weight excluding hydrogens is 294 g/mol. The summed E-state index contributed by atoms with van der Waals surface area (Å²) >= 11 is 3.44. The molecule has 1 atom stereocenters. The van der Waals surface area contributed by atoms with Gasteiger partial charge in [-0.1, -0.05) is 30.3 Å². The van der Waals surface area contributed by atoms with Gasteiger partial charge < -0.3 is 10.5 Å². The highest BCUT2D eigenvalue weighted by Crippen LogP contribution is 2.28. The van der Waals surface area contributed by atoms with E-state index < -0.39 is 0 Å². The minimum absolute atomic E-state index is 0.0128. The van der Waals surface area contributed by atoms with Crippen LogP contribution in [0.2, 0.25) is 0 Å². The number of anilines is 1. The van der Waals surface area contributed by atoms with Crippen molar-refractivity contribution < 1.29 is 4.74 Å². The Labute approximate surface area is 115 Å². The summed E-state index contributed by atoms with van der Waals surface area (Å²) in [5.41, 5.74) is 8.08. The van der Waals surface area contributed by atoms with Crippen molar-refractivity contribution in [2.75, 3.05) is 19.5 Å². The number of aryl methyl sites for hydroxylation is 1. The van der Waals surface area contributed by atoms with Crippen LogP contribution in [0.15, 0.2) is 34.8 Å². The van der Waals surface area contributed by atoms with Crippen LogP contribution in [0.4, 0.5) is 5.82 Å². The third-order valence-corrected chi connectivity index (χ3v) is 3.83. The van der Waals surface area contributed by atoms with Crippen molar-refractivity contribution in [1.29, 1.82) is 0 Å². The highest BCUT2D eigenvalue weighted by Gasteiger charge is 2.19. The van der Waals surface area contributed by atoms with Crippen molar-refractivity contribution in [1.82, 2.24) is 9.78 Å². The van der Waals surface area contributed by atoms with Gasteiger partial charge in [0.05, 0.1) is 16.8 Å². The molecule has 4 nitrogen and oxygen atoms in total. The van der Waals surface area contributed by atoms with E-state index in [-0.39, 0.29) is 6.04 Å². The Kier molecular flexibility index (Phi) is 4.04. The lowest BCUT2D eigenvalue weighted by Gasteiger charge is -2.18. The third-order valence-electron chi connectivity index (χ3n) is 2.85. The second kappa shape index (κ2) is 5.54. The maximum absolute atomic E-state index is 6.07. The second-order valence-corrected chi connectivity index (χ2v) is 4.90. The van der Waals surface area contributed by atoms with Crippen LogP contribution in [0, 0.1) is 6.92 Å². The minimum Gasteiger partial charge on any atom is -0.383 e. The van der Waals surface area contributed by atoms with Gasteiger partial charge in [-0.15, -0.1) is 0 Å². The van der Waals surface area contributed by atoms with E-state index in [1.165, 1.54) is 0 Å². The molecule has 0 saturated carbocycles. The molecule has 0 radical (unpaired) electrons. The summed E-state index contributed by atoms with van der Waals surface area (Å²) in [6, 6.07) is 10.1. The van der Waals surface area contributed by atoms with E-state index in [1.54, 1.807) is 11.8 Å². The van der Waals surface area contributed by atoms with Crippen LogP contribution < -0.4 is 5.73 Å². The van der Waals surface area contributed by atoms with Crippen LogP contribution in [-0.2, 0) is 4.74 Å². The first-order valence-electron chi connectivity index (χ1n) is 5.69. The molecule has 1 aromatic carbocycles. The average Bonchev–Trinajstić information content (AvgIpc) is 2.65. The molecule has 5 heteroatoms. The van der Waals surface area contributed by atoms with Gasteiger partial charge in [0.2, 0.25) is 0 Å². The number of nitrogens with zero attached hydrogens (tertiary/aromatic N) is 2. The largest absolute Gasteiger partial charge is 0.383 e. The molecule has 0 bridgehead atoms. The first-order valence-corrected chi connectivity index (χ1v) is 6.48. The number of methoxy groups -OCH3 is 1. The number of rotatable bonds is 4. The lowest BCUT2D eigenvalue weighted by Crippen LogP contribution is -2.19. The summed E-state index contributed by atoms with van der Waals surface area (Å²) < 4.78 is 7.94. The van der Waals surface area contributed by atoms with Crippen LogP contribution in [0.25, 0.3) is 0 Å². The Morgan fingerprint density at radius 1 is 1.39 bits per heavy atom. The fourth-order valence-corrected chi connectivity index (χ4v) is 2.18. The van der Waals surface area contributed by atoms with E-state index in [0.29, 0.717) is 12.4 Å². The zero-order valence-corrected chi connectivity index (χ0v) is 12.0. The number of ether oxygens (including phenoxy) is 1. The number of benzene rings is 1. The monoisotopic (exact) mass is 309 g/mol. The van der Waals surface area contributed by atoms with Crippen molar-refractivity contribution in [3.8, 4) is 0 Å². The van der Waals surface area contributed by atoms with Crippen molar-refractivity contribution in [3.63, 3.8) is 0 Å². The fraction of sp³-hybridized carbons (Fsp3) is 0.308. The van der Waals surface area contributed by atoms with Gasteiger partial charge in [-0.05, 0) is 28.4 Å². The van der Waals surface area contributed by atoms with Gasteiger partial charge in [-0.25, -0.2) is 4.68 Å². The zero-order valence-electron chi connectivity index (χ0n) is 10.4. The second-order valence-electron chi connectivity index (χ2n) is 4.11. The molecule has 2 rings (SSSR count). The van der Waals surface area contributed by atoms with E-state index in [4.69, 9.17) is 10.5 Å². The Bertz CT molecular complexity index is 525. The zero-order chi connectivity index (χ0) is 13.1. The summed E-state index contributed by atoms with van der Waals surface area (Å²) in [5, 5.41) is 4.47. The topological polar surface area (TPSA) is 53.1 Å². The minimum atomic E-state index is -0.0128. The van der Waals surface area contributed by atoms with Gasteiger partial charge in [0.15, 0.2) is 0 Å². The summed E-state index contributed by atoms with van der Waals surface area (Å²) in [6.07, 6.45) is 0. The van der Waals surface area contributed by atoms with Crippen molar-refractivity contribution in [3.05, 3.63) is 46.1 Å². The summed E-state index contributed by atoms with van der Waals surface area (Å²) in [7, 11) is 1.68. The van der Waals surface area contributed by atoms with Gasteiger partial charge in [0.1, 0.15) is 11.9 Å². The third kappa shape index (κ3) is 2.42. The van der Waals surface area contributed by atoms with Gasteiger partial charge in [-0.2, -0.15) is 5.10 Å². The molecule has 1 aromatic heterocycles. The lowest BCUT2D eigenvalue weighted by atomic mass is 10.1. The van der Waals surface area contributed by atoms with Crippen LogP contribution in [-0.4, -0.2) is 23.5 Å². The van der Waals surface area contributed by atoms with E-state index in [0.717, 1.165) is 15.7 Å². The van der Waals surface area contributed by atoms with Crippen molar-refractivity contribution in [2.45, 2.75) is 13.0 Å². The predicted molar refractivity (Wildman–Crippen MR) is 75.5 cm³/mol. The van der Waals surface area contributed by atoms with Crippen molar-refractivity contribution >= 4 is 21.7 Å². The highest BCUT2D eigenvalue weighted by atomic mass is 79.9. The van der Waals surface area contributed by atoms with E-state index in [1.807, 2.05) is 37.3 Å². The molecule has 0 spiro atoms. The molecule has 0 aliphatic heterocycles. The molecule has 2 N–H and O–H groups in total. The summed E-state index contributed by atoms with van der Waals surface area (Å²) in [5.74, 6) is 0.624. The van der Waals surface area contributed by atoms with Crippen molar-refractivity contribution in [2.24, 2.45) is 0 Å². The van der Waals surface area contributed by atoms with Crippen LogP contribution >= 0.6 is 15.9 Å². The Hall–Kier alpha value is -1.33. The maximum atomic E-state index is 6.07. The van der Waals surface area contributed by atoms with Crippen LogP contribution in [0.5, 0.6) is 0 Å². The standard InChI is InChI=1S/C13H16BrN3O/c1-9-12(14)13(15)17(16-9)11(8-18-2)10-6-4-3-5-7-10/h3-7,11H,8,15H2,1-2H3. The molecule has 0 amide bonds. The molecule has 0 aliphatic carbocycles. The maximum Gasteiger partial charge on any atom is 0.137 e. The molecule has 18 heavy (non-hydrogen) atoms. The molecule has 1 unspecified atom stereocenters. The first kappa shape index (κ1) is 13.1. The SMILES string of the molecule is COCC(c1ccccc1)n1nc(C)c(Br)c1N. The summed E-state index contributed by atoms with van der Waals surface area (Å²) in [4.78, 5) is 0. The molecule has 0 saturated heterocycles. The first-order chi connectivity index (χ1) is 8.65. The molecular formula is C13H16BrN3O. The Morgan fingerprint density at radius 2 is 2.06 bits per heavy atom. The average molecular weight is 310 g/mol.